The lowest BCUT2D eigenvalue weighted by atomic mass is 10.1. The highest BCUT2D eigenvalue weighted by Gasteiger charge is 2.14. The van der Waals surface area contributed by atoms with E-state index in [1.165, 1.54) is 12.1 Å². The van der Waals surface area contributed by atoms with Gasteiger partial charge in [-0.15, -0.1) is 0 Å². The maximum absolute atomic E-state index is 13.3. The summed E-state index contributed by atoms with van der Waals surface area (Å²) in [6.45, 7) is 6.33. The Bertz CT molecular complexity index is 374. The van der Waals surface area contributed by atoms with Crippen LogP contribution in [0.1, 0.15) is 26.3 Å². The average molecular weight is 243 g/mol. The molecule has 1 atom stereocenters. The van der Waals surface area contributed by atoms with E-state index in [0.29, 0.717) is 12.1 Å². The fourth-order valence-electron chi connectivity index (χ4n) is 1.44. The maximum Gasteiger partial charge on any atom is 0.129 e. The molecule has 0 aromatic heterocycles. The molecule has 0 saturated heterocycles. The zero-order chi connectivity index (χ0) is 13.1. The first-order valence-electron chi connectivity index (χ1n) is 5.65. The van der Waals surface area contributed by atoms with E-state index in [1.807, 2.05) is 20.8 Å². The van der Waals surface area contributed by atoms with Crippen LogP contribution in [-0.4, -0.2) is 23.3 Å². The summed E-state index contributed by atoms with van der Waals surface area (Å²) in [6.07, 6.45) is -0.510. The van der Waals surface area contributed by atoms with Crippen molar-refractivity contribution in [3.63, 3.8) is 0 Å². The molecule has 0 heterocycles. The molecular formula is C13H19F2NO. The van der Waals surface area contributed by atoms with Crippen molar-refractivity contribution in [2.45, 2.75) is 38.8 Å². The van der Waals surface area contributed by atoms with E-state index < -0.39 is 17.7 Å². The number of hydrogen-bond donors (Lipinski definition) is 2. The summed E-state index contributed by atoms with van der Waals surface area (Å²) < 4.78 is 26.0. The van der Waals surface area contributed by atoms with Crippen molar-refractivity contribution >= 4 is 0 Å². The lowest BCUT2D eigenvalue weighted by Gasteiger charge is -2.23. The van der Waals surface area contributed by atoms with Gasteiger partial charge in [0.1, 0.15) is 11.6 Å². The fraction of sp³-hybridized carbons (Fsp3) is 0.538. The summed E-state index contributed by atoms with van der Waals surface area (Å²) in [7, 11) is 0. The summed E-state index contributed by atoms with van der Waals surface area (Å²) in [5.41, 5.74) is 0.233. The van der Waals surface area contributed by atoms with Gasteiger partial charge in [-0.05, 0) is 32.4 Å². The minimum absolute atomic E-state index is 0.0949. The highest BCUT2D eigenvalue weighted by molar-refractivity contribution is 5.19. The van der Waals surface area contributed by atoms with Crippen LogP contribution in [0.5, 0.6) is 0 Å². The molecule has 1 unspecified atom stereocenters. The van der Waals surface area contributed by atoms with Gasteiger partial charge in [-0.3, -0.25) is 0 Å². The van der Waals surface area contributed by atoms with E-state index in [1.54, 1.807) is 0 Å². The number of nitrogens with one attached hydrogen (secondary N) is 1. The minimum Gasteiger partial charge on any atom is -0.391 e. The molecule has 0 spiro atoms. The Balaban J connectivity index is 2.53. The van der Waals surface area contributed by atoms with Crippen LogP contribution in [-0.2, 0) is 6.42 Å². The van der Waals surface area contributed by atoms with Gasteiger partial charge in [0.25, 0.3) is 0 Å². The van der Waals surface area contributed by atoms with Gasteiger partial charge in [0.2, 0.25) is 0 Å². The first-order chi connectivity index (χ1) is 7.78. The van der Waals surface area contributed by atoms with Gasteiger partial charge in [-0.25, -0.2) is 8.78 Å². The van der Waals surface area contributed by atoms with Crippen molar-refractivity contribution < 1.29 is 13.9 Å². The highest BCUT2D eigenvalue weighted by atomic mass is 19.1. The number of hydrogen-bond acceptors (Lipinski definition) is 2. The number of aliphatic hydroxyl groups excluding tert-OH is 1. The van der Waals surface area contributed by atoms with Gasteiger partial charge in [0, 0.05) is 24.6 Å². The van der Waals surface area contributed by atoms with Gasteiger partial charge in [0.15, 0.2) is 0 Å². The van der Waals surface area contributed by atoms with Crippen molar-refractivity contribution in [3.05, 3.63) is 35.4 Å². The molecule has 2 N–H and O–H groups in total. The topological polar surface area (TPSA) is 32.3 Å². The number of rotatable bonds is 4. The van der Waals surface area contributed by atoms with Gasteiger partial charge in [-0.1, -0.05) is 6.07 Å². The van der Waals surface area contributed by atoms with Crippen LogP contribution < -0.4 is 5.32 Å². The highest BCUT2D eigenvalue weighted by Crippen LogP contribution is 2.12. The van der Waals surface area contributed by atoms with Gasteiger partial charge < -0.3 is 10.4 Å². The Morgan fingerprint density at radius 2 is 1.94 bits per heavy atom. The SMILES string of the molecule is CC(C)(C)NCC(O)Cc1ccc(F)cc1F. The number of β-amino-alcohol motifs (C(OH)–C–C–N with tert-alkyl or cyclic N) is 1. The normalized spacial score (nSPS) is 13.8. The fourth-order valence-corrected chi connectivity index (χ4v) is 1.44. The van der Waals surface area contributed by atoms with Gasteiger partial charge in [-0.2, -0.15) is 0 Å². The Kier molecular flexibility index (Phi) is 4.60. The molecule has 2 nitrogen and oxygen atoms in total. The summed E-state index contributed by atoms with van der Waals surface area (Å²) in [5, 5.41) is 12.9. The molecule has 0 aliphatic rings. The molecule has 1 aromatic rings. The molecular weight excluding hydrogens is 224 g/mol. The smallest absolute Gasteiger partial charge is 0.129 e. The van der Waals surface area contributed by atoms with Crippen molar-refractivity contribution in [1.82, 2.24) is 5.32 Å². The van der Waals surface area contributed by atoms with Crippen LogP contribution >= 0.6 is 0 Å². The zero-order valence-corrected chi connectivity index (χ0v) is 10.4. The van der Waals surface area contributed by atoms with Gasteiger partial charge in [0.05, 0.1) is 6.10 Å². The van der Waals surface area contributed by atoms with Gasteiger partial charge >= 0.3 is 0 Å². The molecule has 96 valence electrons. The average Bonchev–Trinajstić information content (AvgIpc) is 2.18. The molecule has 0 aliphatic carbocycles. The van der Waals surface area contributed by atoms with Crippen LogP contribution in [0.4, 0.5) is 8.78 Å². The van der Waals surface area contributed by atoms with Crippen LogP contribution in [0.3, 0.4) is 0 Å². The number of halogens is 2. The van der Waals surface area contributed by atoms with Crippen LogP contribution in [0, 0.1) is 11.6 Å². The molecule has 0 saturated carbocycles. The van der Waals surface area contributed by atoms with E-state index >= 15 is 0 Å². The quantitative estimate of drug-likeness (QED) is 0.850. The Hall–Kier alpha value is -1.00. The first kappa shape index (κ1) is 14.1. The van der Waals surface area contributed by atoms with Crippen molar-refractivity contribution in [2.75, 3.05) is 6.54 Å². The van der Waals surface area contributed by atoms with Crippen molar-refractivity contribution in [3.8, 4) is 0 Å². The predicted octanol–water partition coefficient (Wildman–Crippen LogP) is 2.26. The summed E-state index contributed by atoms with van der Waals surface area (Å²) >= 11 is 0. The maximum atomic E-state index is 13.3. The Morgan fingerprint density at radius 3 is 2.47 bits per heavy atom. The lowest BCUT2D eigenvalue weighted by molar-refractivity contribution is 0.160. The third-order valence-electron chi connectivity index (χ3n) is 2.34. The molecule has 0 amide bonds. The van der Waals surface area contributed by atoms with Crippen molar-refractivity contribution in [1.29, 1.82) is 0 Å². The summed E-state index contributed by atoms with van der Waals surface area (Å²) in [6, 6.07) is 3.40. The van der Waals surface area contributed by atoms with E-state index in [-0.39, 0.29) is 12.0 Å². The monoisotopic (exact) mass is 243 g/mol. The molecule has 1 aromatic carbocycles. The van der Waals surface area contributed by atoms with E-state index in [0.717, 1.165) is 6.07 Å². The third-order valence-corrected chi connectivity index (χ3v) is 2.34. The molecule has 0 bridgehead atoms. The molecule has 0 fully saturated rings. The second-order valence-corrected chi connectivity index (χ2v) is 5.22. The van der Waals surface area contributed by atoms with Crippen LogP contribution in [0.25, 0.3) is 0 Å². The Morgan fingerprint density at radius 1 is 1.29 bits per heavy atom. The number of benzene rings is 1. The van der Waals surface area contributed by atoms with Crippen LogP contribution in [0.2, 0.25) is 0 Å². The molecule has 17 heavy (non-hydrogen) atoms. The van der Waals surface area contributed by atoms with Crippen LogP contribution in [0.15, 0.2) is 18.2 Å². The zero-order valence-electron chi connectivity index (χ0n) is 10.4. The summed E-state index contributed by atoms with van der Waals surface area (Å²) in [4.78, 5) is 0. The van der Waals surface area contributed by atoms with E-state index in [4.69, 9.17) is 0 Å². The molecule has 0 radical (unpaired) electrons. The second-order valence-electron chi connectivity index (χ2n) is 5.22. The third kappa shape index (κ3) is 5.24. The summed E-state index contributed by atoms with van der Waals surface area (Å²) in [5.74, 6) is -1.21. The Labute approximate surface area is 101 Å². The first-order valence-corrected chi connectivity index (χ1v) is 5.65. The molecule has 4 heteroatoms. The predicted molar refractivity (Wildman–Crippen MR) is 63.8 cm³/mol. The molecule has 1 rings (SSSR count). The second kappa shape index (κ2) is 5.56. The molecule has 0 aliphatic heterocycles. The van der Waals surface area contributed by atoms with E-state index in [2.05, 4.69) is 5.32 Å². The van der Waals surface area contributed by atoms with E-state index in [9.17, 15) is 13.9 Å². The van der Waals surface area contributed by atoms with Crippen molar-refractivity contribution in [2.24, 2.45) is 0 Å². The lowest BCUT2D eigenvalue weighted by Crippen LogP contribution is -2.41. The largest absolute Gasteiger partial charge is 0.391 e. The minimum atomic E-state index is -0.686. The standard InChI is InChI=1S/C13H19F2NO/c1-13(2,3)16-8-11(17)6-9-4-5-10(14)7-12(9)15/h4-5,7,11,16-17H,6,8H2,1-3H3. The number of aliphatic hydroxyl groups is 1.